The van der Waals surface area contributed by atoms with E-state index in [4.69, 9.17) is 16.3 Å². The number of benzene rings is 1. The zero-order chi connectivity index (χ0) is 14.2. The number of carbonyl (C=O) groups is 1. The molecule has 5 heteroatoms. The SMILES string of the molecule is COC(=O)C1(Nc2ccccc2Cl)CCN2CCCC21. The van der Waals surface area contributed by atoms with Gasteiger partial charge in [-0.15, -0.1) is 0 Å². The molecule has 2 saturated heterocycles. The van der Waals surface area contributed by atoms with Gasteiger partial charge in [0.15, 0.2) is 5.54 Å². The van der Waals surface area contributed by atoms with Gasteiger partial charge in [-0.1, -0.05) is 23.7 Å². The Labute approximate surface area is 124 Å². The number of hydrogen-bond acceptors (Lipinski definition) is 4. The van der Waals surface area contributed by atoms with E-state index in [0.29, 0.717) is 5.02 Å². The maximum atomic E-state index is 12.4. The molecule has 0 radical (unpaired) electrons. The highest BCUT2D eigenvalue weighted by Crippen LogP contribution is 2.40. The number of hydrogen-bond donors (Lipinski definition) is 1. The quantitative estimate of drug-likeness (QED) is 0.870. The second-order valence-corrected chi connectivity index (χ2v) is 5.92. The lowest BCUT2D eigenvalue weighted by Gasteiger charge is -2.34. The Balaban J connectivity index is 1.95. The lowest BCUT2D eigenvalue weighted by molar-refractivity contribution is -0.146. The third-order valence-corrected chi connectivity index (χ3v) is 4.84. The molecular weight excluding hydrogens is 276 g/mol. The molecule has 1 N–H and O–H groups in total. The molecule has 108 valence electrons. The average molecular weight is 295 g/mol. The number of halogens is 1. The molecule has 2 aliphatic heterocycles. The van der Waals surface area contributed by atoms with Crippen molar-refractivity contribution in [2.75, 3.05) is 25.5 Å². The fourth-order valence-corrected chi connectivity index (χ4v) is 3.74. The number of nitrogens with zero attached hydrogens (tertiary/aromatic N) is 1. The lowest BCUT2D eigenvalue weighted by atomic mass is 9.88. The van der Waals surface area contributed by atoms with Gasteiger partial charge in [0.1, 0.15) is 0 Å². The van der Waals surface area contributed by atoms with Crippen LogP contribution in [0, 0.1) is 0 Å². The summed E-state index contributed by atoms with van der Waals surface area (Å²) < 4.78 is 5.09. The normalized spacial score (nSPS) is 29.2. The third-order valence-electron chi connectivity index (χ3n) is 4.51. The van der Waals surface area contributed by atoms with Crippen LogP contribution in [-0.4, -0.2) is 42.6 Å². The van der Waals surface area contributed by atoms with Crippen molar-refractivity contribution in [1.29, 1.82) is 0 Å². The van der Waals surface area contributed by atoms with Gasteiger partial charge in [-0.2, -0.15) is 0 Å². The van der Waals surface area contributed by atoms with Crippen molar-refractivity contribution in [3.63, 3.8) is 0 Å². The highest BCUT2D eigenvalue weighted by Gasteiger charge is 2.55. The Morgan fingerprint density at radius 3 is 3.00 bits per heavy atom. The molecule has 4 nitrogen and oxygen atoms in total. The molecule has 0 aliphatic carbocycles. The molecule has 0 aromatic heterocycles. The van der Waals surface area contributed by atoms with E-state index in [-0.39, 0.29) is 12.0 Å². The first kappa shape index (κ1) is 13.7. The summed E-state index contributed by atoms with van der Waals surface area (Å²) in [5.74, 6) is -0.188. The summed E-state index contributed by atoms with van der Waals surface area (Å²) in [7, 11) is 1.45. The van der Waals surface area contributed by atoms with Gasteiger partial charge in [-0.05, 0) is 37.9 Å². The molecule has 2 atom stereocenters. The summed E-state index contributed by atoms with van der Waals surface area (Å²) in [4.78, 5) is 14.8. The van der Waals surface area contributed by atoms with E-state index in [1.807, 2.05) is 24.3 Å². The molecule has 0 amide bonds. The van der Waals surface area contributed by atoms with Crippen molar-refractivity contribution in [2.45, 2.75) is 30.8 Å². The molecule has 0 bridgehead atoms. The fourth-order valence-electron chi connectivity index (χ4n) is 3.56. The fraction of sp³-hybridized carbons (Fsp3) is 0.533. The summed E-state index contributed by atoms with van der Waals surface area (Å²) in [5, 5.41) is 4.03. The first-order valence-corrected chi connectivity index (χ1v) is 7.40. The van der Waals surface area contributed by atoms with Crippen molar-refractivity contribution in [3.05, 3.63) is 29.3 Å². The number of methoxy groups -OCH3 is 1. The van der Waals surface area contributed by atoms with Crippen molar-refractivity contribution < 1.29 is 9.53 Å². The van der Waals surface area contributed by atoms with Crippen molar-refractivity contribution in [3.8, 4) is 0 Å². The molecule has 20 heavy (non-hydrogen) atoms. The van der Waals surface area contributed by atoms with Crippen LogP contribution in [0.1, 0.15) is 19.3 Å². The molecule has 2 fully saturated rings. The minimum absolute atomic E-state index is 0.188. The topological polar surface area (TPSA) is 41.6 Å². The zero-order valence-corrected chi connectivity index (χ0v) is 12.3. The van der Waals surface area contributed by atoms with E-state index in [1.54, 1.807) is 0 Å². The number of fused-ring (bicyclic) bond motifs is 1. The minimum atomic E-state index is -0.670. The van der Waals surface area contributed by atoms with Gasteiger partial charge in [-0.25, -0.2) is 4.79 Å². The Morgan fingerprint density at radius 1 is 1.45 bits per heavy atom. The van der Waals surface area contributed by atoms with Crippen LogP contribution in [0.5, 0.6) is 0 Å². The maximum absolute atomic E-state index is 12.4. The van der Waals surface area contributed by atoms with Gasteiger partial charge in [0.25, 0.3) is 0 Å². The summed E-state index contributed by atoms with van der Waals surface area (Å²) in [6, 6.07) is 7.74. The van der Waals surface area contributed by atoms with Crippen LogP contribution in [0.3, 0.4) is 0 Å². The predicted molar refractivity (Wildman–Crippen MR) is 79.0 cm³/mol. The second-order valence-electron chi connectivity index (χ2n) is 5.51. The Hall–Kier alpha value is -1.26. The number of esters is 1. The molecule has 1 aromatic carbocycles. The largest absolute Gasteiger partial charge is 0.467 e. The van der Waals surface area contributed by atoms with Gasteiger partial charge < -0.3 is 10.1 Å². The molecule has 1 aromatic rings. The van der Waals surface area contributed by atoms with Crippen molar-refractivity contribution in [1.82, 2.24) is 4.90 Å². The van der Waals surface area contributed by atoms with Crippen LogP contribution in [-0.2, 0) is 9.53 Å². The molecule has 0 spiro atoms. The minimum Gasteiger partial charge on any atom is -0.467 e. The van der Waals surface area contributed by atoms with E-state index in [9.17, 15) is 4.79 Å². The summed E-state index contributed by atoms with van der Waals surface area (Å²) >= 11 is 6.23. The van der Waals surface area contributed by atoms with Gasteiger partial charge in [-0.3, -0.25) is 4.90 Å². The van der Waals surface area contributed by atoms with Crippen LogP contribution >= 0.6 is 11.6 Å². The van der Waals surface area contributed by atoms with Crippen LogP contribution < -0.4 is 5.32 Å². The van der Waals surface area contributed by atoms with Crippen LogP contribution in [0.15, 0.2) is 24.3 Å². The first-order chi connectivity index (χ1) is 9.67. The molecule has 2 unspecified atom stereocenters. The van der Waals surface area contributed by atoms with Gasteiger partial charge in [0, 0.05) is 12.6 Å². The number of para-hydroxylation sites is 1. The highest BCUT2D eigenvalue weighted by atomic mass is 35.5. The summed E-state index contributed by atoms with van der Waals surface area (Å²) in [6.45, 7) is 1.99. The molecule has 2 aliphatic rings. The molecular formula is C15H19ClN2O2. The van der Waals surface area contributed by atoms with E-state index in [0.717, 1.165) is 38.0 Å². The monoisotopic (exact) mass is 294 g/mol. The highest BCUT2D eigenvalue weighted by molar-refractivity contribution is 6.33. The number of rotatable bonds is 3. The van der Waals surface area contributed by atoms with Gasteiger partial charge in [0.2, 0.25) is 0 Å². The Morgan fingerprint density at radius 2 is 2.25 bits per heavy atom. The maximum Gasteiger partial charge on any atom is 0.333 e. The van der Waals surface area contributed by atoms with Crippen LogP contribution in [0.25, 0.3) is 0 Å². The smallest absolute Gasteiger partial charge is 0.333 e. The van der Waals surface area contributed by atoms with Gasteiger partial charge in [0.05, 0.1) is 17.8 Å². The Kier molecular flexibility index (Phi) is 3.61. The van der Waals surface area contributed by atoms with Crippen LogP contribution in [0.2, 0.25) is 5.02 Å². The Bertz CT molecular complexity index is 522. The van der Waals surface area contributed by atoms with Gasteiger partial charge >= 0.3 is 5.97 Å². The van der Waals surface area contributed by atoms with E-state index in [2.05, 4.69) is 10.2 Å². The standard InChI is InChI=1S/C15H19ClN2O2/c1-20-14(19)15(8-10-18-9-4-7-13(15)18)17-12-6-3-2-5-11(12)16/h2-3,5-6,13,17H,4,7-10H2,1H3. The zero-order valence-electron chi connectivity index (χ0n) is 11.6. The summed E-state index contributed by atoms with van der Waals surface area (Å²) in [6.07, 6.45) is 2.91. The van der Waals surface area contributed by atoms with E-state index >= 15 is 0 Å². The summed E-state index contributed by atoms with van der Waals surface area (Å²) in [5.41, 5.74) is 0.129. The number of anilines is 1. The number of ether oxygens (including phenoxy) is 1. The third kappa shape index (κ3) is 2.07. The second kappa shape index (κ2) is 5.26. The number of carbonyl (C=O) groups excluding carboxylic acids is 1. The number of nitrogens with one attached hydrogen (secondary N) is 1. The van der Waals surface area contributed by atoms with Crippen molar-refractivity contribution in [2.24, 2.45) is 0 Å². The van der Waals surface area contributed by atoms with E-state index < -0.39 is 5.54 Å². The molecule has 3 rings (SSSR count). The first-order valence-electron chi connectivity index (χ1n) is 7.02. The van der Waals surface area contributed by atoms with Crippen LogP contribution in [0.4, 0.5) is 5.69 Å². The predicted octanol–water partition coefficient (Wildman–Crippen LogP) is 2.53. The average Bonchev–Trinajstić information content (AvgIpc) is 3.04. The molecule has 0 saturated carbocycles. The van der Waals surface area contributed by atoms with E-state index in [1.165, 1.54) is 7.11 Å². The van der Waals surface area contributed by atoms with Crippen molar-refractivity contribution >= 4 is 23.3 Å². The lowest BCUT2D eigenvalue weighted by Crippen LogP contribution is -2.54. The molecule has 2 heterocycles.